The summed E-state index contributed by atoms with van der Waals surface area (Å²) in [5, 5.41) is 10.5. The summed E-state index contributed by atoms with van der Waals surface area (Å²) >= 11 is 12.0. The Hall–Kier alpha value is -2.77. The first-order chi connectivity index (χ1) is 14.1. The Balaban J connectivity index is 1.24. The summed E-state index contributed by atoms with van der Waals surface area (Å²) < 4.78 is 10.9. The van der Waals surface area contributed by atoms with E-state index in [1.54, 1.807) is 42.5 Å². The summed E-state index contributed by atoms with van der Waals surface area (Å²) in [7, 11) is 0. The van der Waals surface area contributed by atoms with Crippen LogP contribution in [-0.2, 0) is 13.2 Å². The van der Waals surface area contributed by atoms with Crippen molar-refractivity contribution in [3.8, 4) is 5.75 Å². The van der Waals surface area contributed by atoms with Crippen molar-refractivity contribution in [3.05, 3.63) is 69.8 Å². The van der Waals surface area contributed by atoms with Gasteiger partial charge in [0.1, 0.15) is 5.75 Å². The Morgan fingerprint density at radius 3 is 2.69 bits per heavy atom. The zero-order valence-corrected chi connectivity index (χ0v) is 16.8. The molecule has 9 heteroatoms. The van der Waals surface area contributed by atoms with Crippen molar-refractivity contribution < 1.29 is 14.1 Å². The molecule has 1 saturated carbocycles. The number of amides is 2. The van der Waals surface area contributed by atoms with Crippen LogP contribution in [0.4, 0.5) is 10.5 Å². The number of rotatable bonds is 7. The second kappa shape index (κ2) is 8.71. The molecule has 0 spiro atoms. The normalized spacial score (nSPS) is 13.2. The molecule has 2 aromatic carbocycles. The van der Waals surface area contributed by atoms with Crippen LogP contribution in [0.2, 0.25) is 10.0 Å². The zero-order valence-electron chi connectivity index (χ0n) is 15.3. The maximum atomic E-state index is 12.1. The van der Waals surface area contributed by atoms with Crippen LogP contribution in [0.3, 0.4) is 0 Å². The minimum Gasteiger partial charge on any atom is -0.485 e. The molecular formula is C20H18Cl2N4O3. The summed E-state index contributed by atoms with van der Waals surface area (Å²) in [6, 6.07) is 11.8. The van der Waals surface area contributed by atoms with E-state index >= 15 is 0 Å². The molecule has 150 valence electrons. The van der Waals surface area contributed by atoms with Gasteiger partial charge in [-0.25, -0.2) is 4.79 Å². The van der Waals surface area contributed by atoms with E-state index in [9.17, 15) is 4.79 Å². The standard InChI is InChI=1S/C20H18Cl2N4O3/c21-14-4-3-13(17(22)9-14)10-23-20(27)24-15-5-7-16(8-6-15)28-11-18-25-19(29-26-18)12-1-2-12/h3-9,12H,1-2,10-11H2,(H2,23,24,27). The van der Waals surface area contributed by atoms with E-state index in [-0.39, 0.29) is 19.2 Å². The Kier molecular flexibility index (Phi) is 5.87. The minimum absolute atomic E-state index is 0.228. The largest absolute Gasteiger partial charge is 0.485 e. The van der Waals surface area contributed by atoms with Gasteiger partial charge in [-0.15, -0.1) is 0 Å². The Labute approximate surface area is 177 Å². The monoisotopic (exact) mass is 432 g/mol. The van der Waals surface area contributed by atoms with Gasteiger partial charge in [-0.2, -0.15) is 4.98 Å². The lowest BCUT2D eigenvalue weighted by Gasteiger charge is -2.10. The number of nitrogens with zero attached hydrogens (tertiary/aromatic N) is 2. The molecule has 0 unspecified atom stereocenters. The third-order valence-corrected chi connectivity index (χ3v) is 4.93. The molecule has 1 aliphatic rings. The van der Waals surface area contributed by atoms with Crippen molar-refractivity contribution in [3.63, 3.8) is 0 Å². The molecule has 0 bridgehead atoms. The number of ether oxygens (including phenoxy) is 1. The van der Waals surface area contributed by atoms with Crippen LogP contribution < -0.4 is 15.4 Å². The maximum Gasteiger partial charge on any atom is 0.319 e. The molecule has 1 aromatic heterocycles. The van der Waals surface area contributed by atoms with Gasteiger partial charge < -0.3 is 19.9 Å². The van der Waals surface area contributed by atoms with Gasteiger partial charge in [0, 0.05) is 28.2 Å². The number of nitrogens with one attached hydrogen (secondary N) is 2. The molecule has 3 aromatic rings. The lowest BCUT2D eigenvalue weighted by Crippen LogP contribution is -2.28. The van der Waals surface area contributed by atoms with Crippen molar-refractivity contribution in [2.75, 3.05) is 5.32 Å². The Bertz CT molecular complexity index is 1000. The second-order valence-electron chi connectivity index (χ2n) is 6.68. The lowest BCUT2D eigenvalue weighted by atomic mass is 10.2. The molecule has 0 atom stereocenters. The van der Waals surface area contributed by atoms with Crippen molar-refractivity contribution >= 4 is 34.9 Å². The number of carbonyl (C=O) groups is 1. The highest BCUT2D eigenvalue weighted by Crippen LogP contribution is 2.38. The van der Waals surface area contributed by atoms with Crippen LogP contribution in [0, 0.1) is 0 Å². The van der Waals surface area contributed by atoms with Gasteiger partial charge in [-0.1, -0.05) is 34.4 Å². The topological polar surface area (TPSA) is 89.3 Å². The predicted octanol–water partition coefficient (Wildman–Crippen LogP) is 5.15. The van der Waals surface area contributed by atoms with E-state index in [1.807, 2.05) is 0 Å². The molecular weight excluding hydrogens is 415 g/mol. The first-order valence-electron chi connectivity index (χ1n) is 9.11. The molecule has 1 fully saturated rings. The molecule has 29 heavy (non-hydrogen) atoms. The van der Waals surface area contributed by atoms with Gasteiger partial charge in [0.25, 0.3) is 0 Å². The Morgan fingerprint density at radius 1 is 1.17 bits per heavy atom. The van der Waals surface area contributed by atoms with Crippen LogP contribution in [-0.4, -0.2) is 16.2 Å². The van der Waals surface area contributed by atoms with Gasteiger partial charge in [0.2, 0.25) is 11.7 Å². The zero-order chi connectivity index (χ0) is 20.2. The SMILES string of the molecule is O=C(NCc1ccc(Cl)cc1Cl)Nc1ccc(OCc2noc(C3CC3)n2)cc1. The molecule has 1 heterocycles. The number of carbonyl (C=O) groups excluding carboxylic acids is 1. The van der Waals surface area contributed by atoms with Crippen molar-refractivity contribution in [1.82, 2.24) is 15.5 Å². The second-order valence-corrected chi connectivity index (χ2v) is 7.52. The summed E-state index contributed by atoms with van der Waals surface area (Å²) in [6.07, 6.45) is 2.22. The van der Waals surface area contributed by atoms with Gasteiger partial charge >= 0.3 is 6.03 Å². The number of hydrogen-bond acceptors (Lipinski definition) is 5. The van der Waals surface area contributed by atoms with Crippen LogP contribution in [0.1, 0.15) is 36.0 Å². The fourth-order valence-electron chi connectivity index (χ4n) is 2.62. The molecule has 0 saturated heterocycles. The maximum absolute atomic E-state index is 12.1. The fourth-order valence-corrected chi connectivity index (χ4v) is 3.10. The first-order valence-corrected chi connectivity index (χ1v) is 9.86. The van der Waals surface area contributed by atoms with Gasteiger partial charge in [-0.3, -0.25) is 0 Å². The minimum atomic E-state index is -0.343. The molecule has 2 N–H and O–H groups in total. The summed E-state index contributed by atoms with van der Waals surface area (Å²) in [5.74, 6) is 2.27. The number of benzene rings is 2. The van der Waals surface area contributed by atoms with Crippen molar-refractivity contribution in [2.45, 2.75) is 31.9 Å². The molecule has 4 rings (SSSR count). The summed E-state index contributed by atoms with van der Waals surface area (Å²) in [4.78, 5) is 16.4. The first kappa shape index (κ1) is 19.5. The smallest absolute Gasteiger partial charge is 0.319 e. The van der Waals surface area contributed by atoms with E-state index in [1.165, 1.54) is 0 Å². The Morgan fingerprint density at radius 2 is 1.97 bits per heavy atom. The van der Waals surface area contributed by atoms with Gasteiger partial charge in [0.05, 0.1) is 0 Å². The van der Waals surface area contributed by atoms with E-state index in [0.29, 0.717) is 39.1 Å². The number of halogens is 2. The average molecular weight is 433 g/mol. The third-order valence-electron chi connectivity index (χ3n) is 4.35. The average Bonchev–Trinajstić information content (AvgIpc) is 3.45. The lowest BCUT2D eigenvalue weighted by molar-refractivity contribution is 0.251. The molecule has 0 aliphatic heterocycles. The van der Waals surface area contributed by atoms with E-state index in [0.717, 1.165) is 18.4 Å². The number of urea groups is 1. The predicted molar refractivity (Wildman–Crippen MR) is 109 cm³/mol. The van der Waals surface area contributed by atoms with Gasteiger partial charge in [-0.05, 0) is 54.8 Å². The van der Waals surface area contributed by atoms with Crippen LogP contribution in [0.15, 0.2) is 47.0 Å². The van der Waals surface area contributed by atoms with E-state index in [4.69, 9.17) is 32.5 Å². The van der Waals surface area contributed by atoms with Crippen LogP contribution in [0.5, 0.6) is 5.75 Å². The summed E-state index contributed by atoms with van der Waals surface area (Å²) in [6.45, 7) is 0.516. The highest BCUT2D eigenvalue weighted by atomic mass is 35.5. The number of anilines is 1. The number of aromatic nitrogens is 2. The van der Waals surface area contributed by atoms with Crippen molar-refractivity contribution in [1.29, 1.82) is 0 Å². The molecule has 1 aliphatic carbocycles. The van der Waals surface area contributed by atoms with Crippen LogP contribution >= 0.6 is 23.2 Å². The van der Waals surface area contributed by atoms with Crippen LogP contribution in [0.25, 0.3) is 0 Å². The molecule has 7 nitrogen and oxygen atoms in total. The van der Waals surface area contributed by atoms with Gasteiger partial charge in [0.15, 0.2) is 6.61 Å². The number of hydrogen-bond donors (Lipinski definition) is 2. The van der Waals surface area contributed by atoms with Crippen molar-refractivity contribution in [2.24, 2.45) is 0 Å². The fraction of sp³-hybridized carbons (Fsp3) is 0.250. The summed E-state index contributed by atoms with van der Waals surface area (Å²) in [5.41, 5.74) is 1.41. The highest BCUT2D eigenvalue weighted by Gasteiger charge is 2.29. The molecule has 0 radical (unpaired) electrons. The van der Waals surface area contributed by atoms with E-state index < -0.39 is 0 Å². The highest BCUT2D eigenvalue weighted by molar-refractivity contribution is 6.35. The van der Waals surface area contributed by atoms with E-state index in [2.05, 4.69) is 20.8 Å². The third kappa shape index (κ3) is 5.40. The quantitative estimate of drug-likeness (QED) is 0.538. The molecule has 2 amide bonds.